The fourth-order valence-corrected chi connectivity index (χ4v) is 1.95. The van der Waals surface area contributed by atoms with Crippen molar-refractivity contribution in [2.45, 2.75) is 6.61 Å². The molecule has 18 heavy (non-hydrogen) atoms. The first-order valence-electron chi connectivity index (χ1n) is 5.12. The maximum Gasteiger partial charge on any atom is 0.166 e. The maximum atomic E-state index is 13.6. The monoisotopic (exact) mass is 286 g/mol. The first-order chi connectivity index (χ1) is 8.58. The minimum absolute atomic E-state index is 0.0468. The van der Waals surface area contributed by atoms with Gasteiger partial charge in [0.05, 0.1) is 6.61 Å². The Morgan fingerprint density at radius 3 is 2.28 bits per heavy atom. The van der Waals surface area contributed by atoms with Crippen LogP contribution in [0.3, 0.4) is 0 Å². The summed E-state index contributed by atoms with van der Waals surface area (Å²) in [6.45, 7) is -0.222. The van der Waals surface area contributed by atoms with E-state index in [2.05, 4.69) is 0 Å². The Labute approximate surface area is 114 Å². The molecule has 1 N–H and O–H groups in total. The van der Waals surface area contributed by atoms with Crippen LogP contribution in [0.5, 0.6) is 11.5 Å². The topological polar surface area (TPSA) is 29.5 Å². The van der Waals surface area contributed by atoms with Gasteiger partial charge < -0.3 is 9.84 Å². The number of ether oxygens (including phenoxy) is 1. The zero-order chi connectivity index (χ0) is 13.1. The number of halogens is 3. The molecule has 0 amide bonds. The number of aliphatic hydroxyl groups excluding tert-OH is 1. The highest BCUT2D eigenvalue weighted by Crippen LogP contribution is 2.30. The Hall–Kier alpha value is -1.29. The van der Waals surface area contributed by atoms with E-state index >= 15 is 0 Å². The molecule has 2 aromatic carbocycles. The second-order valence-electron chi connectivity index (χ2n) is 3.63. The van der Waals surface area contributed by atoms with Crippen LogP contribution in [0.25, 0.3) is 0 Å². The smallest absolute Gasteiger partial charge is 0.166 e. The summed E-state index contributed by atoms with van der Waals surface area (Å²) in [5.74, 6) is -0.161. The molecule has 0 aromatic heterocycles. The Bertz CT molecular complexity index is 553. The van der Waals surface area contributed by atoms with Crippen molar-refractivity contribution < 1.29 is 14.2 Å². The first-order valence-corrected chi connectivity index (χ1v) is 5.87. The first kappa shape index (κ1) is 13.1. The van der Waals surface area contributed by atoms with Crippen LogP contribution in [0.2, 0.25) is 10.0 Å². The van der Waals surface area contributed by atoms with Gasteiger partial charge in [-0.1, -0.05) is 29.3 Å². The van der Waals surface area contributed by atoms with Crippen molar-refractivity contribution in [3.05, 3.63) is 57.8 Å². The van der Waals surface area contributed by atoms with Crippen molar-refractivity contribution in [3.8, 4) is 11.5 Å². The van der Waals surface area contributed by atoms with E-state index in [1.807, 2.05) is 0 Å². The van der Waals surface area contributed by atoms with E-state index in [9.17, 15) is 4.39 Å². The van der Waals surface area contributed by atoms with Gasteiger partial charge in [0, 0.05) is 10.0 Å². The van der Waals surface area contributed by atoms with Crippen LogP contribution in [-0.4, -0.2) is 5.11 Å². The summed E-state index contributed by atoms with van der Waals surface area (Å²) in [7, 11) is 0. The molecule has 0 heterocycles. The van der Waals surface area contributed by atoms with Crippen LogP contribution in [0.15, 0.2) is 36.4 Å². The number of benzene rings is 2. The Morgan fingerprint density at radius 1 is 1.06 bits per heavy atom. The van der Waals surface area contributed by atoms with Gasteiger partial charge in [0.1, 0.15) is 5.75 Å². The Kier molecular flexibility index (Phi) is 4.07. The molecule has 0 aliphatic carbocycles. The lowest BCUT2D eigenvalue weighted by Crippen LogP contribution is -1.91. The summed E-state index contributed by atoms with van der Waals surface area (Å²) in [5.41, 5.74) is 0.476. The number of hydrogen-bond acceptors (Lipinski definition) is 2. The fourth-order valence-electron chi connectivity index (χ4n) is 1.44. The zero-order valence-corrected chi connectivity index (χ0v) is 10.7. The molecule has 2 nitrogen and oxygen atoms in total. The van der Waals surface area contributed by atoms with E-state index in [-0.39, 0.29) is 12.4 Å². The molecule has 0 bridgehead atoms. The normalized spacial score (nSPS) is 10.4. The molecule has 0 saturated heterocycles. The second kappa shape index (κ2) is 5.57. The van der Waals surface area contributed by atoms with Gasteiger partial charge in [-0.2, -0.15) is 0 Å². The van der Waals surface area contributed by atoms with Crippen LogP contribution in [0.4, 0.5) is 4.39 Å². The van der Waals surface area contributed by atoms with Gasteiger partial charge >= 0.3 is 0 Å². The summed E-state index contributed by atoms with van der Waals surface area (Å²) in [6.07, 6.45) is 0. The molecule has 0 aliphatic heterocycles. The predicted molar refractivity (Wildman–Crippen MR) is 68.9 cm³/mol. The largest absolute Gasteiger partial charge is 0.454 e. The second-order valence-corrected chi connectivity index (χ2v) is 4.50. The quantitative estimate of drug-likeness (QED) is 0.905. The van der Waals surface area contributed by atoms with Crippen LogP contribution in [0, 0.1) is 5.82 Å². The van der Waals surface area contributed by atoms with Gasteiger partial charge in [-0.15, -0.1) is 0 Å². The molecular formula is C13H9Cl2FO2. The molecule has 5 heteroatoms. The summed E-state index contributed by atoms with van der Waals surface area (Å²) >= 11 is 11.6. The third-order valence-electron chi connectivity index (χ3n) is 2.24. The van der Waals surface area contributed by atoms with E-state index in [0.29, 0.717) is 21.4 Å². The third kappa shape index (κ3) is 3.13. The molecule has 0 saturated carbocycles. The predicted octanol–water partition coefficient (Wildman–Crippen LogP) is 4.42. The van der Waals surface area contributed by atoms with Crippen LogP contribution in [0.1, 0.15) is 5.56 Å². The van der Waals surface area contributed by atoms with E-state index < -0.39 is 5.82 Å². The molecule has 0 unspecified atom stereocenters. The van der Waals surface area contributed by atoms with Crippen molar-refractivity contribution in [1.29, 1.82) is 0 Å². The van der Waals surface area contributed by atoms with Crippen LogP contribution < -0.4 is 4.74 Å². The highest BCUT2D eigenvalue weighted by molar-refractivity contribution is 6.34. The highest BCUT2D eigenvalue weighted by Gasteiger charge is 2.07. The molecule has 2 rings (SSSR count). The van der Waals surface area contributed by atoms with Gasteiger partial charge in [-0.3, -0.25) is 0 Å². The average molecular weight is 287 g/mol. The summed E-state index contributed by atoms with van der Waals surface area (Å²) in [5, 5.41) is 9.69. The standard InChI is InChI=1S/C13H9Cl2FO2/c14-9-4-10(15)6-11(5-9)18-13-2-1-8(7-17)3-12(13)16/h1-6,17H,7H2. The molecule has 2 aromatic rings. The average Bonchev–Trinajstić information content (AvgIpc) is 2.30. The summed E-state index contributed by atoms with van der Waals surface area (Å²) < 4.78 is 19.0. The van der Waals surface area contributed by atoms with E-state index in [1.54, 1.807) is 12.1 Å². The molecule has 0 aliphatic rings. The van der Waals surface area contributed by atoms with Gasteiger partial charge in [-0.05, 0) is 35.9 Å². The molecule has 0 fully saturated rings. The summed E-state index contributed by atoms with van der Waals surface area (Å²) in [6, 6.07) is 8.85. The van der Waals surface area contributed by atoms with E-state index in [1.165, 1.54) is 24.3 Å². The fraction of sp³-hybridized carbons (Fsp3) is 0.0769. The molecule has 0 atom stereocenters. The molecule has 0 spiro atoms. The third-order valence-corrected chi connectivity index (χ3v) is 2.68. The SMILES string of the molecule is OCc1ccc(Oc2cc(Cl)cc(Cl)c2)c(F)c1. The zero-order valence-electron chi connectivity index (χ0n) is 9.16. The van der Waals surface area contributed by atoms with Gasteiger partial charge in [0.2, 0.25) is 0 Å². The Balaban J connectivity index is 2.28. The van der Waals surface area contributed by atoms with Gasteiger partial charge in [0.25, 0.3) is 0 Å². The minimum atomic E-state index is -0.558. The maximum absolute atomic E-state index is 13.6. The van der Waals surface area contributed by atoms with Crippen LogP contribution in [-0.2, 0) is 6.61 Å². The van der Waals surface area contributed by atoms with Crippen molar-refractivity contribution in [3.63, 3.8) is 0 Å². The van der Waals surface area contributed by atoms with Crippen LogP contribution >= 0.6 is 23.2 Å². The van der Waals surface area contributed by atoms with E-state index in [0.717, 1.165) is 0 Å². The Morgan fingerprint density at radius 2 is 1.72 bits per heavy atom. The van der Waals surface area contributed by atoms with Crippen molar-refractivity contribution >= 4 is 23.2 Å². The minimum Gasteiger partial charge on any atom is -0.454 e. The lowest BCUT2D eigenvalue weighted by molar-refractivity contribution is 0.281. The van der Waals surface area contributed by atoms with Crippen molar-refractivity contribution in [2.24, 2.45) is 0 Å². The number of rotatable bonds is 3. The molecule has 0 radical (unpaired) electrons. The van der Waals surface area contributed by atoms with E-state index in [4.69, 9.17) is 33.0 Å². The number of hydrogen-bond donors (Lipinski definition) is 1. The van der Waals surface area contributed by atoms with Gasteiger partial charge in [-0.25, -0.2) is 4.39 Å². The van der Waals surface area contributed by atoms with Gasteiger partial charge in [0.15, 0.2) is 11.6 Å². The molecular weight excluding hydrogens is 278 g/mol. The lowest BCUT2D eigenvalue weighted by Gasteiger charge is -2.08. The lowest BCUT2D eigenvalue weighted by atomic mass is 10.2. The molecule has 94 valence electrons. The van der Waals surface area contributed by atoms with Crippen molar-refractivity contribution in [1.82, 2.24) is 0 Å². The summed E-state index contributed by atoms with van der Waals surface area (Å²) in [4.78, 5) is 0. The highest BCUT2D eigenvalue weighted by atomic mass is 35.5. The number of aliphatic hydroxyl groups is 1. The van der Waals surface area contributed by atoms with Crippen molar-refractivity contribution in [2.75, 3.05) is 0 Å².